The van der Waals surface area contributed by atoms with Crippen molar-refractivity contribution in [2.75, 3.05) is 12.8 Å². The number of benzene rings is 1. The molecule has 3 N–H and O–H groups in total. The predicted molar refractivity (Wildman–Crippen MR) is 75.6 cm³/mol. The van der Waals surface area contributed by atoms with Gasteiger partial charge < -0.3 is 4.74 Å². The lowest BCUT2D eigenvalue weighted by Crippen LogP contribution is -2.20. The minimum atomic E-state index is -3.87. The van der Waals surface area contributed by atoms with Gasteiger partial charge in [-0.2, -0.15) is 5.26 Å². The Morgan fingerprint density at radius 1 is 1.33 bits per heavy atom. The second-order valence-electron chi connectivity index (χ2n) is 4.06. The molecule has 0 aliphatic heterocycles. The normalized spacial score (nSPS) is 10.9. The van der Waals surface area contributed by atoms with Crippen LogP contribution in [-0.2, 0) is 9.84 Å². The number of nitrogens with zero attached hydrogens (tertiary/aromatic N) is 1. The quantitative estimate of drug-likeness (QED) is 0.919. The first-order chi connectivity index (χ1) is 9.90. The van der Waals surface area contributed by atoms with Crippen LogP contribution in [0.15, 0.2) is 40.1 Å². The number of sulfone groups is 1. The lowest BCUT2D eigenvalue weighted by Gasteiger charge is -2.06. The molecule has 0 fully saturated rings. The number of hydrogen-bond acceptors (Lipinski definition) is 5. The first-order valence-corrected chi connectivity index (χ1v) is 7.57. The van der Waals surface area contributed by atoms with Gasteiger partial charge in [-0.25, -0.2) is 13.4 Å². The summed E-state index contributed by atoms with van der Waals surface area (Å²) in [5.74, 6) is -0.00847. The van der Waals surface area contributed by atoms with Crippen molar-refractivity contribution >= 4 is 27.3 Å². The van der Waals surface area contributed by atoms with E-state index in [-0.39, 0.29) is 27.1 Å². The van der Waals surface area contributed by atoms with Gasteiger partial charge in [-0.05, 0) is 30.3 Å². The molecule has 0 aliphatic carbocycles. The lowest BCUT2D eigenvalue weighted by atomic mass is 10.3. The van der Waals surface area contributed by atoms with Gasteiger partial charge in [-0.3, -0.25) is 5.73 Å². The molecule has 1 heterocycles. The number of H-pyrrole nitrogens is 1. The highest BCUT2D eigenvalue weighted by molar-refractivity contribution is 7.91. The number of methoxy groups -OCH3 is 1. The van der Waals surface area contributed by atoms with Crippen molar-refractivity contribution in [2.24, 2.45) is 0 Å². The molecule has 21 heavy (non-hydrogen) atoms. The second kappa shape index (κ2) is 5.60. The number of nitrogens with one attached hydrogen (secondary N) is 1. The molecule has 6 nitrogen and oxygen atoms in total. The van der Waals surface area contributed by atoms with Crippen molar-refractivity contribution in [3.05, 3.63) is 40.9 Å². The van der Waals surface area contributed by atoms with Crippen LogP contribution in [0.3, 0.4) is 0 Å². The summed E-state index contributed by atoms with van der Waals surface area (Å²) in [5.41, 5.74) is 5.76. The Morgan fingerprint density at radius 3 is 2.48 bits per heavy atom. The average molecular weight is 325 g/mol. The van der Waals surface area contributed by atoms with Crippen molar-refractivity contribution in [2.45, 2.75) is 9.79 Å². The van der Waals surface area contributed by atoms with E-state index in [0.717, 1.165) is 0 Å². The number of halogens is 1. The van der Waals surface area contributed by atoms with Crippen LogP contribution in [0.25, 0.3) is 0 Å². The molecule has 2 aromatic rings. The number of anilines is 1. The van der Waals surface area contributed by atoms with E-state index in [0.29, 0.717) is 5.02 Å². The summed E-state index contributed by atoms with van der Waals surface area (Å²) in [6.45, 7) is 0. The molecule has 108 valence electrons. The van der Waals surface area contributed by atoms with Crippen molar-refractivity contribution in [3.8, 4) is 11.9 Å². The third-order valence-electron chi connectivity index (χ3n) is 2.77. The van der Waals surface area contributed by atoms with Gasteiger partial charge in [0.05, 0.1) is 12.0 Å². The number of aromatic nitrogens is 1. The summed E-state index contributed by atoms with van der Waals surface area (Å²) >= 11 is 5.74. The van der Waals surface area contributed by atoms with Crippen LogP contribution in [0.5, 0.6) is 5.88 Å². The summed E-state index contributed by atoms with van der Waals surface area (Å²) in [6, 6.07) is 8.68. The Bertz CT molecular complexity index is 827. The topological polar surface area (TPSA) is 107 Å². The number of hydrogen-bond donors (Lipinski definition) is 1. The average Bonchev–Trinajstić information content (AvgIpc) is 2.47. The minimum absolute atomic E-state index is 0.0288. The summed E-state index contributed by atoms with van der Waals surface area (Å²) in [4.78, 5) is 2.40. The van der Waals surface area contributed by atoms with Crippen LogP contribution in [0.4, 0.5) is 5.82 Å². The van der Waals surface area contributed by atoms with E-state index >= 15 is 0 Å². The van der Waals surface area contributed by atoms with Crippen molar-refractivity contribution < 1.29 is 18.1 Å². The first kappa shape index (κ1) is 15.1. The fraction of sp³-hybridized carbons (Fsp3) is 0.0769. The molecule has 0 unspecified atom stereocenters. The maximum absolute atomic E-state index is 12.5. The number of ether oxygens (including phenoxy) is 1. The van der Waals surface area contributed by atoms with E-state index in [9.17, 15) is 8.42 Å². The van der Waals surface area contributed by atoms with E-state index in [1.54, 1.807) is 0 Å². The second-order valence-corrected chi connectivity index (χ2v) is 6.42. The smallest absolute Gasteiger partial charge is 0.300 e. The SMILES string of the molecule is COc1[nH+]c(N)c(S(=O)(=O)c2ccc(Cl)cc2)cc1C#N. The number of rotatable bonds is 3. The Morgan fingerprint density at radius 2 is 1.95 bits per heavy atom. The maximum Gasteiger partial charge on any atom is 0.300 e. The Hall–Kier alpha value is -2.30. The molecule has 1 aromatic carbocycles. The monoisotopic (exact) mass is 324 g/mol. The zero-order valence-corrected chi connectivity index (χ0v) is 12.5. The molecule has 0 aliphatic rings. The molecule has 2 rings (SSSR count). The van der Waals surface area contributed by atoms with Crippen molar-refractivity contribution in [3.63, 3.8) is 0 Å². The van der Waals surface area contributed by atoms with E-state index in [1.807, 2.05) is 6.07 Å². The first-order valence-electron chi connectivity index (χ1n) is 5.70. The van der Waals surface area contributed by atoms with Gasteiger partial charge in [-0.1, -0.05) is 11.6 Å². The van der Waals surface area contributed by atoms with E-state index in [1.165, 1.54) is 37.4 Å². The Kier molecular flexibility index (Phi) is 4.02. The summed E-state index contributed by atoms with van der Waals surface area (Å²) in [7, 11) is -2.52. The predicted octanol–water partition coefficient (Wildman–Crippen LogP) is 1.45. The van der Waals surface area contributed by atoms with Crippen LogP contribution < -0.4 is 15.5 Å². The largest absolute Gasteiger partial charge is 0.465 e. The Balaban J connectivity index is 2.65. The van der Waals surface area contributed by atoms with Gasteiger partial charge in [0.25, 0.3) is 11.7 Å². The summed E-state index contributed by atoms with van der Waals surface area (Å²) in [5, 5.41) is 9.45. The molecule has 0 bridgehead atoms. The summed E-state index contributed by atoms with van der Waals surface area (Å²) < 4.78 is 30.0. The van der Waals surface area contributed by atoms with Crippen LogP contribution >= 0.6 is 11.6 Å². The fourth-order valence-corrected chi connectivity index (χ4v) is 3.22. The molecule has 0 atom stereocenters. The zero-order valence-electron chi connectivity index (χ0n) is 10.9. The number of nitrogen functional groups attached to an aromatic ring is 1. The van der Waals surface area contributed by atoms with Gasteiger partial charge >= 0.3 is 0 Å². The molecule has 0 radical (unpaired) electrons. The molecule has 0 saturated carbocycles. The van der Waals surface area contributed by atoms with Gasteiger partial charge in [0.15, 0.2) is 4.90 Å². The van der Waals surface area contributed by atoms with Crippen LogP contribution in [0.1, 0.15) is 5.56 Å². The van der Waals surface area contributed by atoms with Gasteiger partial charge in [0, 0.05) is 5.02 Å². The van der Waals surface area contributed by atoms with Crippen molar-refractivity contribution in [1.29, 1.82) is 5.26 Å². The van der Waals surface area contributed by atoms with E-state index < -0.39 is 9.84 Å². The lowest BCUT2D eigenvalue weighted by molar-refractivity contribution is -0.378. The molecular formula is C13H11ClN3O3S+. The van der Waals surface area contributed by atoms with Crippen molar-refractivity contribution in [1.82, 2.24) is 0 Å². The number of nitrogens with two attached hydrogens (primary N) is 1. The van der Waals surface area contributed by atoms with E-state index in [2.05, 4.69) is 4.98 Å². The van der Waals surface area contributed by atoms with E-state index in [4.69, 9.17) is 27.3 Å². The molecule has 0 amide bonds. The highest BCUT2D eigenvalue weighted by Crippen LogP contribution is 2.27. The fourth-order valence-electron chi connectivity index (χ4n) is 1.73. The highest BCUT2D eigenvalue weighted by atomic mass is 35.5. The Labute approximate surface area is 126 Å². The molecule has 8 heteroatoms. The van der Waals surface area contributed by atoms with Gasteiger partial charge in [0.1, 0.15) is 11.6 Å². The van der Waals surface area contributed by atoms with Crippen LogP contribution in [0.2, 0.25) is 5.02 Å². The number of nitriles is 1. The standard InChI is InChI=1S/C13H10ClN3O3S/c1-20-13-8(7-15)6-11(12(16)17-13)21(18,19)10-4-2-9(14)3-5-10/h2-6H,1H3,(H2,16,17)/p+1. The number of aromatic amines is 1. The molecule has 0 spiro atoms. The molecular weight excluding hydrogens is 314 g/mol. The van der Waals surface area contributed by atoms with Gasteiger partial charge in [-0.15, -0.1) is 0 Å². The van der Waals surface area contributed by atoms with Crippen LogP contribution in [-0.4, -0.2) is 15.5 Å². The molecule has 1 aromatic heterocycles. The van der Waals surface area contributed by atoms with Crippen LogP contribution in [0, 0.1) is 11.3 Å². The maximum atomic E-state index is 12.5. The van der Waals surface area contributed by atoms with Gasteiger partial charge in [0.2, 0.25) is 9.84 Å². The third-order valence-corrected chi connectivity index (χ3v) is 4.83. The summed E-state index contributed by atoms with van der Waals surface area (Å²) in [6.07, 6.45) is 0. The number of pyridine rings is 1. The minimum Gasteiger partial charge on any atom is -0.465 e. The third kappa shape index (κ3) is 2.77. The molecule has 0 saturated heterocycles. The highest BCUT2D eigenvalue weighted by Gasteiger charge is 2.27. The zero-order chi connectivity index (χ0) is 15.6.